The molecule has 0 bridgehead atoms. The van der Waals surface area contributed by atoms with Gasteiger partial charge in [-0.2, -0.15) is 0 Å². The predicted molar refractivity (Wildman–Crippen MR) is 105 cm³/mol. The van der Waals surface area contributed by atoms with Gasteiger partial charge in [0.2, 0.25) is 0 Å². The van der Waals surface area contributed by atoms with E-state index in [1.165, 1.54) is 17.3 Å². The summed E-state index contributed by atoms with van der Waals surface area (Å²) in [6, 6.07) is 8.57. The minimum absolute atomic E-state index is 0.201. The van der Waals surface area contributed by atoms with Crippen LogP contribution < -0.4 is 16.8 Å². The first-order valence-corrected chi connectivity index (χ1v) is 8.45. The van der Waals surface area contributed by atoms with Gasteiger partial charge in [-0.15, -0.1) is 9.24 Å². The van der Waals surface area contributed by atoms with Crippen molar-refractivity contribution in [1.82, 2.24) is 5.32 Å². The molecule has 0 aliphatic rings. The van der Waals surface area contributed by atoms with Crippen LogP contribution in [0.1, 0.15) is 30.3 Å². The van der Waals surface area contributed by atoms with Crippen molar-refractivity contribution in [3.8, 4) is 0 Å². The summed E-state index contributed by atoms with van der Waals surface area (Å²) in [7, 11) is 2.84. The lowest BCUT2D eigenvalue weighted by atomic mass is 10.1. The molecule has 0 aliphatic carbocycles. The highest BCUT2D eigenvalue weighted by atomic mass is 31.0. The lowest BCUT2D eigenvalue weighted by molar-refractivity contribution is 0.728. The van der Waals surface area contributed by atoms with Gasteiger partial charge in [-0.1, -0.05) is 55.1 Å². The van der Waals surface area contributed by atoms with Crippen LogP contribution in [-0.2, 0) is 6.42 Å². The number of aryl methyl sites for hydroxylation is 1. The highest BCUT2D eigenvalue weighted by Gasteiger charge is 2.05. The molecule has 1 rings (SSSR count). The van der Waals surface area contributed by atoms with E-state index >= 15 is 0 Å². The van der Waals surface area contributed by atoms with Crippen LogP contribution in [0.25, 0.3) is 0 Å². The molecule has 0 amide bonds. The molecule has 2 unspecified atom stereocenters. The van der Waals surface area contributed by atoms with Crippen molar-refractivity contribution in [3.63, 3.8) is 0 Å². The van der Waals surface area contributed by atoms with Crippen molar-refractivity contribution in [2.24, 2.45) is 11.5 Å². The first kappa shape index (κ1) is 19.2. The van der Waals surface area contributed by atoms with Crippen LogP contribution in [0.15, 0.2) is 72.6 Å². The second-order valence-corrected chi connectivity index (χ2v) is 5.98. The van der Waals surface area contributed by atoms with Gasteiger partial charge in [0, 0.05) is 24.2 Å². The molecule has 3 nitrogen and oxygen atoms in total. The van der Waals surface area contributed by atoms with Gasteiger partial charge in [0.05, 0.1) is 0 Å². The maximum absolute atomic E-state index is 5.72. The van der Waals surface area contributed by atoms with Crippen LogP contribution in [0.3, 0.4) is 0 Å². The van der Waals surface area contributed by atoms with Gasteiger partial charge in [-0.25, -0.2) is 0 Å². The monoisotopic (exact) mass is 329 g/mol. The molecule has 0 aliphatic heterocycles. The molecule has 0 saturated carbocycles. The van der Waals surface area contributed by atoms with Crippen LogP contribution in [-0.4, -0.2) is 6.54 Å². The minimum Gasteiger partial charge on any atom is -0.403 e. The molecule has 0 saturated heterocycles. The number of rotatable bonds is 9. The van der Waals surface area contributed by atoms with E-state index in [0.717, 1.165) is 30.7 Å². The molecule has 124 valence electrons. The molecule has 5 N–H and O–H groups in total. The second-order valence-electron chi connectivity index (χ2n) is 5.31. The molecule has 1 aromatic carbocycles. The van der Waals surface area contributed by atoms with Gasteiger partial charge < -0.3 is 16.8 Å². The molecule has 2 atom stereocenters. The Balaban J connectivity index is 2.56. The van der Waals surface area contributed by atoms with E-state index in [1.54, 1.807) is 0 Å². The van der Waals surface area contributed by atoms with Crippen molar-refractivity contribution < 1.29 is 0 Å². The summed E-state index contributed by atoms with van der Waals surface area (Å²) in [6.45, 7) is 6.63. The van der Waals surface area contributed by atoms with Crippen molar-refractivity contribution >= 4 is 9.24 Å². The zero-order valence-corrected chi connectivity index (χ0v) is 15.0. The Morgan fingerprint density at radius 3 is 2.61 bits per heavy atom. The highest BCUT2D eigenvalue weighted by Crippen LogP contribution is 2.21. The fourth-order valence-electron chi connectivity index (χ4n) is 2.03. The van der Waals surface area contributed by atoms with E-state index in [-0.39, 0.29) is 5.78 Å². The standard InChI is InChI=1S/C19H28N3P/c1-3-5-6-15(4-2)14-22-19(23)17-10-7-16(8-11-17)9-12-18(21)13-20/h3-8,10-11,13,19,22H,2,9,12,14,20-21,23H2,1H3/b5-3-,15-6+,18-13-. The van der Waals surface area contributed by atoms with Crippen molar-refractivity contribution in [2.75, 3.05) is 6.54 Å². The van der Waals surface area contributed by atoms with Gasteiger partial charge >= 0.3 is 0 Å². The summed E-state index contributed by atoms with van der Waals surface area (Å²) >= 11 is 0. The Morgan fingerprint density at radius 1 is 1.35 bits per heavy atom. The van der Waals surface area contributed by atoms with E-state index in [2.05, 4.69) is 51.5 Å². The first-order valence-electron chi connectivity index (χ1n) is 7.79. The number of nitrogens with two attached hydrogens (primary N) is 2. The van der Waals surface area contributed by atoms with Gasteiger partial charge in [-0.05, 0) is 36.5 Å². The SMILES string of the molecule is C=C/C(=C\C=C/C)CNC(P)c1ccc(CC/C(N)=C/N)cc1. The van der Waals surface area contributed by atoms with Gasteiger partial charge in [-0.3, -0.25) is 0 Å². The summed E-state index contributed by atoms with van der Waals surface area (Å²) in [5.74, 6) is 0.201. The molecular weight excluding hydrogens is 301 g/mol. The number of allylic oxidation sites excluding steroid dienone is 4. The second kappa shape index (κ2) is 10.8. The number of hydrogen-bond acceptors (Lipinski definition) is 3. The molecular formula is C19H28N3P. The Labute approximate surface area is 142 Å². The fraction of sp³-hybridized carbons (Fsp3) is 0.263. The Kier molecular flexibility index (Phi) is 9.04. The van der Waals surface area contributed by atoms with E-state index < -0.39 is 0 Å². The lowest BCUT2D eigenvalue weighted by Gasteiger charge is -2.15. The summed E-state index contributed by atoms with van der Waals surface area (Å²) in [6.07, 6.45) is 11.1. The van der Waals surface area contributed by atoms with Crippen LogP contribution in [0.2, 0.25) is 0 Å². The topological polar surface area (TPSA) is 64.1 Å². The number of nitrogens with one attached hydrogen (secondary N) is 1. The molecule has 0 spiro atoms. The third-order valence-corrected chi connectivity index (χ3v) is 4.17. The third-order valence-electron chi connectivity index (χ3n) is 3.55. The van der Waals surface area contributed by atoms with Crippen LogP contribution in [0, 0.1) is 0 Å². The third kappa shape index (κ3) is 7.32. The Morgan fingerprint density at radius 2 is 2.04 bits per heavy atom. The maximum atomic E-state index is 5.72. The van der Waals surface area contributed by atoms with Crippen molar-refractivity contribution in [1.29, 1.82) is 0 Å². The zero-order valence-electron chi connectivity index (χ0n) is 13.8. The van der Waals surface area contributed by atoms with E-state index in [4.69, 9.17) is 11.5 Å². The highest BCUT2D eigenvalue weighted by molar-refractivity contribution is 7.17. The van der Waals surface area contributed by atoms with Gasteiger partial charge in [0.1, 0.15) is 0 Å². The van der Waals surface area contributed by atoms with Crippen LogP contribution >= 0.6 is 9.24 Å². The molecule has 1 aromatic rings. The van der Waals surface area contributed by atoms with Crippen LogP contribution in [0.5, 0.6) is 0 Å². The predicted octanol–water partition coefficient (Wildman–Crippen LogP) is 3.53. The van der Waals surface area contributed by atoms with E-state index in [9.17, 15) is 0 Å². The number of hydrogen-bond donors (Lipinski definition) is 3. The lowest BCUT2D eigenvalue weighted by Crippen LogP contribution is -2.18. The fourth-order valence-corrected chi connectivity index (χ4v) is 2.37. The number of benzene rings is 1. The normalized spacial score (nSPS) is 14.2. The summed E-state index contributed by atoms with van der Waals surface area (Å²) in [5.41, 5.74) is 15.5. The first-order chi connectivity index (χ1) is 11.1. The molecule has 0 fully saturated rings. The summed E-state index contributed by atoms with van der Waals surface area (Å²) in [4.78, 5) is 0. The van der Waals surface area contributed by atoms with Crippen molar-refractivity contribution in [3.05, 3.63) is 83.7 Å². The Hall–Kier alpha value is -1.83. The van der Waals surface area contributed by atoms with Gasteiger partial charge in [0.25, 0.3) is 0 Å². The Bertz CT molecular complexity index is 571. The smallest absolute Gasteiger partial charge is 0.0466 e. The average Bonchev–Trinajstić information content (AvgIpc) is 2.60. The van der Waals surface area contributed by atoms with Crippen molar-refractivity contribution in [2.45, 2.75) is 25.5 Å². The van der Waals surface area contributed by atoms with Gasteiger partial charge in [0.15, 0.2) is 0 Å². The minimum atomic E-state index is 0.201. The summed E-state index contributed by atoms with van der Waals surface area (Å²) in [5, 5.41) is 3.48. The zero-order chi connectivity index (χ0) is 17.1. The van der Waals surface area contributed by atoms with E-state index in [1.807, 2.05) is 25.2 Å². The maximum Gasteiger partial charge on any atom is 0.0466 e. The van der Waals surface area contributed by atoms with E-state index in [0.29, 0.717) is 0 Å². The molecule has 0 radical (unpaired) electrons. The summed E-state index contributed by atoms with van der Waals surface area (Å²) < 4.78 is 0. The molecule has 0 heterocycles. The molecule has 23 heavy (non-hydrogen) atoms. The molecule has 4 heteroatoms. The largest absolute Gasteiger partial charge is 0.403 e. The molecule has 0 aromatic heterocycles. The quantitative estimate of drug-likeness (QED) is 0.480. The van der Waals surface area contributed by atoms with Crippen LogP contribution in [0.4, 0.5) is 0 Å². The average molecular weight is 329 g/mol.